The Morgan fingerprint density at radius 1 is 1.30 bits per heavy atom. The van der Waals surface area contributed by atoms with Crippen LogP contribution in [-0.4, -0.2) is 46.7 Å². The van der Waals surface area contributed by atoms with Crippen molar-refractivity contribution in [1.82, 2.24) is 10.2 Å². The van der Waals surface area contributed by atoms with Gasteiger partial charge in [0.05, 0.1) is 13.0 Å². The summed E-state index contributed by atoms with van der Waals surface area (Å²) in [5, 5.41) is 29.1. The molecular weight excluding hydrogens is 298 g/mol. The molecule has 122 valence electrons. The Kier molecular flexibility index (Phi) is 7.89. The van der Waals surface area contributed by atoms with Gasteiger partial charge in [-0.3, -0.25) is 9.59 Å². The lowest BCUT2D eigenvalue weighted by molar-refractivity contribution is -0.136. The van der Waals surface area contributed by atoms with E-state index in [1.165, 1.54) is 6.20 Å². The highest BCUT2D eigenvalue weighted by Crippen LogP contribution is 2.07. The number of carboxylic acids is 1. The van der Waals surface area contributed by atoms with Gasteiger partial charge in [0.1, 0.15) is 11.6 Å². The van der Waals surface area contributed by atoms with Crippen LogP contribution in [0.25, 0.3) is 0 Å². The normalized spacial score (nSPS) is 10.7. The van der Waals surface area contributed by atoms with Crippen LogP contribution in [-0.2, 0) is 16.1 Å². The zero-order valence-corrected chi connectivity index (χ0v) is 12.6. The predicted octanol–water partition coefficient (Wildman–Crippen LogP) is 0.479. The third-order valence-electron chi connectivity index (χ3n) is 2.92. The van der Waals surface area contributed by atoms with Crippen LogP contribution in [0.4, 0.5) is 0 Å². The number of nitrogens with one attached hydrogen (secondary N) is 1. The van der Waals surface area contributed by atoms with E-state index in [0.29, 0.717) is 6.54 Å². The van der Waals surface area contributed by atoms with Gasteiger partial charge in [-0.15, -0.1) is 0 Å². The number of hydrogen-bond acceptors (Lipinski definition) is 5. The molecule has 0 saturated heterocycles. The minimum Gasteiger partial charge on any atom is -0.481 e. The topological polar surface area (TPSA) is 114 Å². The summed E-state index contributed by atoms with van der Waals surface area (Å²) in [5.41, 5.74) is 0.834. The lowest BCUT2D eigenvalue weighted by Crippen LogP contribution is -2.29. The van der Waals surface area contributed by atoms with Gasteiger partial charge in [0.2, 0.25) is 0 Å². The average molecular weight is 317 g/mol. The molecule has 23 heavy (non-hydrogen) atoms. The van der Waals surface area contributed by atoms with E-state index in [-0.39, 0.29) is 31.7 Å². The number of nitrogens with zero attached hydrogens (tertiary/aromatic N) is 2. The molecule has 0 unspecified atom stereocenters. The summed E-state index contributed by atoms with van der Waals surface area (Å²) in [7, 11) is 0. The predicted molar refractivity (Wildman–Crippen MR) is 82.9 cm³/mol. The largest absolute Gasteiger partial charge is 0.481 e. The highest BCUT2D eigenvalue weighted by atomic mass is 16.4. The van der Waals surface area contributed by atoms with E-state index in [1.807, 2.05) is 30.3 Å². The Hall–Kier alpha value is -2.85. The fraction of sp³-hybridized carbons (Fsp3) is 0.312. The molecule has 0 bridgehead atoms. The third kappa shape index (κ3) is 7.11. The molecule has 1 rings (SSSR count). The first-order valence-electron chi connectivity index (χ1n) is 7.07. The molecule has 0 aliphatic rings. The second-order valence-electron chi connectivity index (χ2n) is 4.73. The minimum absolute atomic E-state index is 0.0497. The van der Waals surface area contributed by atoms with Gasteiger partial charge in [-0.2, -0.15) is 5.26 Å². The number of carbonyl (C=O) groups excluding carboxylic acids is 1. The van der Waals surface area contributed by atoms with E-state index in [2.05, 4.69) is 5.32 Å². The molecule has 0 heterocycles. The van der Waals surface area contributed by atoms with Crippen molar-refractivity contribution >= 4 is 11.9 Å². The standard InChI is InChI=1S/C16H19N3O4/c17-10-14(16(23)18-7-6-15(21)22)12-19(8-9-20)11-13-4-2-1-3-5-13/h1-5,12,20H,6-9,11H2,(H,18,23)(H,21,22)/b14-12-. The lowest BCUT2D eigenvalue weighted by Gasteiger charge is -2.20. The van der Waals surface area contributed by atoms with Crippen molar-refractivity contribution in [2.24, 2.45) is 0 Å². The summed E-state index contributed by atoms with van der Waals surface area (Å²) >= 11 is 0. The zero-order chi connectivity index (χ0) is 17.1. The van der Waals surface area contributed by atoms with Gasteiger partial charge >= 0.3 is 5.97 Å². The van der Waals surface area contributed by atoms with E-state index in [1.54, 1.807) is 11.0 Å². The van der Waals surface area contributed by atoms with Gasteiger partial charge in [0, 0.05) is 25.8 Å². The molecule has 7 heteroatoms. The van der Waals surface area contributed by atoms with Crippen molar-refractivity contribution in [1.29, 1.82) is 5.26 Å². The Balaban J connectivity index is 2.75. The van der Waals surface area contributed by atoms with Crippen molar-refractivity contribution in [2.45, 2.75) is 13.0 Å². The highest BCUT2D eigenvalue weighted by Gasteiger charge is 2.11. The van der Waals surface area contributed by atoms with E-state index in [4.69, 9.17) is 15.5 Å². The monoisotopic (exact) mass is 317 g/mol. The van der Waals surface area contributed by atoms with Gasteiger partial charge < -0.3 is 20.4 Å². The molecule has 1 aromatic rings. The van der Waals surface area contributed by atoms with Crippen LogP contribution in [0.3, 0.4) is 0 Å². The number of carbonyl (C=O) groups is 2. The highest BCUT2D eigenvalue weighted by molar-refractivity contribution is 5.97. The average Bonchev–Trinajstić information content (AvgIpc) is 2.53. The second kappa shape index (κ2) is 9.97. The minimum atomic E-state index is -1.03. The second-order valence-corrected chi connectivity index (χ2v) is 4.73. The molecule has 1 aromatic carbocycles. The molecule has 0 aromatic heterocycles. The van der Waals surface area contributed by atoms with Crippen LogP contribution in [0, 0.1) is 11.3 Å². The molecule has 0 spiro atoms. The fourth-order valence-corrected chi connectivity index (χ4v) is 1.83. The van der Waals surface area contributed by atoms with Crippen LogP contribution in [0.5, 0.6) is 0 Å². The molecule has 3 N–H and O–H groups in total. The number of carboxylic acid groups (broad SMARTS) is 1. The van der Waals surface area contributed by atoms with Crippen molar-refractivity contribution in [3.8, 4) is 6.07 Å². The number of rotatable bonds is 9. The van der Waals surface area contributed by atoms with Gasteiger partial charge in [0.15, 0.2) is 0 Å². The van der Waals surface area contributed by atoms with Crippen molar-refractivity contribution in [2.75, 3.05) is 19.7 Å². The Bertz CT molecular complexity index is 593. The van der Waals surface area contributed by atoms with Crippen LogP contribution < -0.4 is 5.32 Å². The SMILES string of the molecule is N#C/C(=C/N(CCO)Cc1ccccc1)C(=O)NCCC(=O)O. The van der Waals surface area contributed by atoms with Crippen molar-refractivity contribution in [3.05, 3.63) is 47.7 Å². The van der Waals surface area contributed by atoms with E-state index in [9.17, 15) is 9.59 Å². The zero-order valence-electron chi connectivity index (χ0n) is 12.6. The Morgan fingerprint density at radius 2 is 2.00 bits per heavy atom. The summed E-state index contributed by atoms with van der Waals surface area (Å²) in [4.78, 5) is 23.9. The number of aliphatic hydroxyl groups is 1. The lowest BCUT2D eigenvalue weighted by atomic mass is 10.2. The van der Waals surface area contributed by atoms with Gasteiger partial charge in [-0.25, -0.2) is 0 Å². The van der Waals surface area contributed by atoms with Crippen LogP contribution in [0.2, 0.25) is 0 Å². The van der Waals surface area contributed by atoms with E-state index < -0.39 is 11.9 Å². The van der Waals surface area contributed by atoms with Crippen molar-refractivity contribution < 1.29 is 19.8 Å². The summed E-state index contributed by atoms with van der Waals surface area (Å²) < 4.78 is 0. The number of benzene rings is 1. The number of amides is 1. The first-order valence-corrected chi connectivity index (χ1v) is 7.07. The fourth-order valence-electron chi connectivity index (χ4n) is 1.83. The van der Waals surface area contributed by atoms with Crippen LogP contribution >= 0.6 is 0 Å². The maximum Gasteiger partial charge on any atom is 0.305 e. The van der Waals surface area contributed by atoms with E-state index >= 15 is 0 Å². The first kappa shape index (κ1) is 18.2. The Labute approximate surface area is 134 Å². The maximum atomic E-state index is 11.9. The van der Waals surface area contributed by atoms with Crippen molar-refractivity contribution in [3.63, 3.8) is 0 Å². The molecule has 0 fully saturated rings. The molecule has 0 atom stereocenters. The van der Waals surface area contributed by atoms with Gasteiger partial charge in [0.25, 0.3) is 5.91 Å². The maximum absolute atomic E-state index is 11.9. The summed E-state index contributed by atoms with van der Waals surface area (Å²) in [6.07, 6.45) is 1.16. The third-order valence-corrected chi connectivity index (χ3v) is 2.92. The molecule has 0 saturated carbocycles. The molecule has 1 amide bonds. The summed E-state index contributed by atoms with van der Waals surface area (Å²) in [6.45, 7) is 0.534. The van der Waals surface area contributed by atoms with Crippen LogP contribution in [0.1, 0.15) is 12.0 Å². The Morgan fingerprint density at radius 3 is 2.57 bits per heavy atom. The smallest absolute Gasteiger partial charge is 0.305 e. The van der Waals surface area contributed by atoms with Crippen LogP contribution in [0.15, 0.2) is 42.1 Å². The number of aliphatic carboxylic acids is 1. The van der Waals surface area contributed by atoms with Gasteiger partial charge in [-0.05, 0) is 5.56 Å². The number of hydrogen-bond donors (Lipinski definition) is 3. The first-order chi connectivity index (χ1) is 11.1. The molecular formula is C16H19N3O4. The van der Waals surface area contributed by atoms with E-state index in [0.717, 1.165) is 5.56 Å². The number of aliphatic hydroxyl groups excluding tert-OH is 1. The molecule has 7 nitrogen and oxygen atoms in total. The number of nitriles is 1. The molecule has 0 aliphatic carbocycles. The quantitative estimate of drug-likeness (QED) is 0.451. The summed E-state index contributed by atoms with van der Waals surface area (Å²) in [6, 6.07) is 11.2. The van der Waals surface area contributed by atoms with Gasteiger partial charge in [-0.1, -0.05) is 30.3 Å². The summed E-state index contributed by atoms with van der Waals surface area (Å²) in [5.74, 6) is -1.66. The molecule has 0 aliphatic heterocycles. The molecule has 0 radical (unpaired) electrons.